The molecule has 0 bridgehead atoms. The van der Waals surface area contributed by atoms with E-state index in [0.29, 0.717) is 6.04 Å². The van der Waals surface area contributed by atoms with Crippen LogP contribution < -0.4 is 5.32 Å². The van der Waals surface area contributed by atoms with Gasteiger partial charge in [-0.3, -0.25) is 0 Å². The Morgan fingerprint density at radius 1 is 1.07 bits per heavy atom. The monoisotopic (exact) mass is 189 g/mol. The third-order valence-electron chi connectivity index (χ3n) is 3.36. The molecule has 1 heteroatoms. The van der Waals surface area contributed by atoms with Crippen molar-refractivity contribution in [1.29, 1.82) is 0 Å². The standard InChI is InChI=1S/C13H19N/c1-14-13-10-6-5-9-12(13)11-7-3-2-4-8-11/h2-4,7-8,12-14H,5-6,9-10H2,1H3/t12-,13-/m0/s1. The van der Waals surface area contributed by atoms with Gasteiger partial charge in [0.05, 0.1) is 0 Å². The van der Waals surface area contributed by atoms with E-state index in [9.17, 15) is 0 Å². The van der Waals surface area contributed by atoms with Gasteiger partial charge in [0.1, 0.15) is 0 Å². The molecular formula is C13H19N. The molecule has 1 fully saturated rings. The summed E-state index contributed by atoms with van der Waals surface area (Å²) in [5.74, 6) is 0.731. The zero-order valence-electron chi connectivity index (χ0n) is 8.87. The molecule has 1 aromatic rings. The average Bonchev–Trinajstić information content (AvgIpc) is 2.30. The Hall–Kier alpha value is -0.820. The van der Waals surface area contributed by atoms with Crippen LogP contribution in [0.4, 0.5) is 0 Å². The fraction of sp³-hybridized carbons (Fsp3) is 0.538. The summed E-state index contributed by atoms with van der Waals surface area (Å²) in [7, 11) is 2.09. The lowest BCUT2D eigenvalue weighted by molar-refractivity contribution is 0.344. The van der Waals surface area contributed by atoms with Gasteiger partial charge in [-0.25, -0.2) is 0 Å². The fourth-order valence-electron chi connectivity index (χ4n) is 2.58. The Morgan fingerprint density at radius 3 is 2.50 bits per heavy atom. The Morgan fingerprint density at radius 2 is 1.79 bits per heavy atom. The van der Waals surface area contributed by atoms with Gasteiger partial charge in [-0.15, -0.1) is 0 Å². The first-order valence-corrected chi connectivity index (χ1v) is 5.64. The maximum Gasteiger partial charge on any atom is 0.0133 e. The molecule has 14 heavy (non-hydrogen) atoms. The van der Waals surface area contributed by atoms with Crippen LogP contribution in [-0.2, 0) is 0 Å². The lowest BCUT2D eigenvalue weighted by atomic mass is 9.80. The van der Waals surface area contributed by atoms with Crippen molar-refractivity contribution in [3.63, 3.8) is 0 Å². The van der Waals surface area contributed by atoms with Gasteiger partial charge in [0.25, 0.3) is 0 Å². The quantitative estimate of drug-likeness (QED) is 0.754. The van der Waals surface area contributed by atoms with Crippen molar-refractivity contribution >= 4 is 0 Å². The van der Waals surface area contributed by atoms with Crippen molar-refractivity contribution in [3.05, 3.63) is 35.9 Å². The van der Waals surface area contributed by atoms with Crippen molar-refractivity contribution in [2.24, 2.45) is 0 Å². The Bertz CT molecular complexity index is 268. The van der Waals surface area contributed by atoms with Gasteiger partial charge < -0.3 is 5.32 Å². The van der Waals surface area contributed by atoms with E-state index >= 15 is 0 Å². The molecular weight excluding hydrogens is 170 g/mol. The van der Waals surface area contributed by atoms with Crippen molar-refractivity contribution in [2.45, 2.75) is 37.6 Å². The second-order valence-electron chi connectivity index (χ2n) is 4.20. The normalized spacial score (nSPS) is 27.5. The van der Waals surface area contributed by atoms with Gasteiger partial charge in [-0.2, -0.15) is 0 Å². The summed E-state index contributed by atoms with van der Waals surface area (Å²) in [5, 5.41) is 3.45. The minimum atomic E-state index is 0.686. The van der Waals surface area contributed by atoms with Crippen LogP contribution in [0.2, 0.25) is 0 Å². The number of hydrogen-bond donors (Lipinski definition) is 1. The Balaban J connectivity index is 2.15. The summed E-state index contributed by atoms with van der Waals surface area (Å²) in [6.07, 6.45) is 5.44. The lowest BCUT2D eigenvalue weighted by Gasteiger charge is -2.31. The Labute approximate surface area is 86.5 Å². The van der Waals surface area contributed by atoms with Gasteiger partial charge >= 0.3 is 0 Å². The molecule has 1 nitrogen and oxygen atoms in total. The van der Waals surface area contributed by atoms with Crippen LogP contribution in [-0.4, -0.2) is 13.1 Å². The highest BCUT2D eigenvalue weighted by atomic mass is 14.9. The summed E-state index contributed by atoms with van der Waals surface area (Å²) >= 11 is 0. The topological polar surface area (TPSA) is 12.0 Å². The van der Waals surface area contributed by atoms with E-state index in [1.165, 1.54) is 31.2 Å². The maximum atomic E-state index is 3.45. The number of benzene rings is 1. The van der Waals surface area contributed by atoms with E-state index in [0.717, 1.165) is 5.92 Å². The van der Waals surface area contributed by atoms with Crippen molar-refractivity contribution in [3.8, 4) is 0 Å². The molecule has 1 aliphatic carbocycles. The molecule has 0 amide bonds. The molecule has 0 aliphatic heterocycles. The summed E-state index contributed by atoms with van der Waals surface area (Å²) in [6.45, 7) is 0. The first kappa shape index (κ1) is 9.72. The second-order valence-corrected chi connectivity index (χ2v) is 4.20. The molecule has 0 saturated heterocycles. The van der Waals surface area contributed by atoms with Gasteiger partial charge in [0, 0.05) is 6.04 Å². The molecule has 0 unspecified atom stereocenters. The summed E-state index contributed by atoms with van der Waals surface area (Å²) in [4.78, 5) is 0. The maximum absolute atomic E-state index is 3.45. The van der Waals surface area contributed by atoms with E-state index in [4.69, 9.17) is 0 Å². The highest BCUT2D eigenvalue weighted by Crippen LogP contribution is 2.32. The predicted octanol–water partition coefficient (Wildman–Crippen LogP) is 2.93. The highest BCUT2D eigenvalue weighted by molar-refractivity contribution is 5.21. The van der Waals surface area contributed by atoms with Gasteiger partial charge in [-0.1, -0.05) is 43.2 Å². The molecule has 1 aromatic carbocycles. The molecule has 1 aliphatic rings. The molecule has 0 heterocycles. The van der Waals surface area contributed by atoms with Crippen LogP contribution in [0.25, 0.3) is 0 Å². The predicted molar refractivity (Wildman–Crippen MR) is 60.5 cm³/mol. The van der Waals surface area contributed by atoms with E-state index in [1.54, 1.807) is 0 Å². The SMILES string of the molecule is CN[C@H]1CCCC[C@H]1c1ccccc1. The highest BCUT2D eigenvalue weighted by Gasteiger charge is 2.24. The van der Waals surface area contributed by atoms with Crippen LogP contribution in [0.15, 0.2) is 30.3 Å². The third kappa shape index (κ3) is 1.98. The van der Waals surface area contributed by atoms with Crippen molar-refractivity contribution < 1.29 is 0 Å². The minimum Gasteiger partial charge on any atom is -0.316 e. The summed E-state index contributed by atoms with van der Waals surface area (Å²) in [6, 6.07) is 11.6. The lowest BCUT2D eigenvalue weighted by Crippen LogP contribution is -2.34. The van der Waals surface area contributed by atoms with E-state index in [1.807, 2.05) is 0 Å². The van der Waals surface area contributed by atoms with Crippen LogP contribution >= 0.6 is 0 Å². The molecule has 2 atom stereocenters. The molecule has 0 radical (unpaired) electrons. The molecule has 76 valence electrons. The van der Waals surface area contributed by atoms with Crippen LogP contribution in [0.3, 0.4) is 0 Å². The molecule has 1 saturated carbocycles. The van der Waals surface area contributed by atoms with Gasteiger partial charge in [0.2, 0.25) is 0 Å². The van der Waals surface area contributed by atoms with Gasteiger partial charge in [0.15, 0.2) is 0 Å². The number of likely N-dealkylation sites (N-methyl/N-ethyl adjacent to an activating group) is 1. The largest absolute Gasteiger partial charge is 0.316 e. The molecule has 1 N–H and O–H groups in total. The zero-order chi connectivity index (χ0) is 9.80. The van der Waals surface area contributed by atoms with Crippen molar-refractivity contribution in [1.82, 2.24) is 5.32 Å². The Kier molecular flexibility index (Phi) is 3.20. The first-order valence-electron chi connectivity index (χ1n) is 5.64. The molecule has 0 aromatic heterocycles. The average molecular weight is 189 g/mol. The number of rotatable bonds is 2. The number of nitrogens with one attached hydrogen (secondary N) is 1. The van der Waals surface area contributed by atoms with Crippen LogP contribution in [0.5, 0.6) is 0 Å². The van der Waals surface area contributed by atoms with Crippen molar-refractivity contribution in [2.75, 3.05) is 7.05 Å². The van der Waals surface area contributed by atoms with E-state index in [-0.39, 0.29) is 0 Å². The third-order valence-corrected chi connectivity index (χ3v) is 3.36. The summed E-state index contributed by atoms with van der Waals surface area (Å²) in [5.41, 5.74) is 1.51. The minimum absolute atomic E-state index is 0.686. The van der Waals surface area contributed by atoms with Gasteiger partial charge in [-0.05, 0) is 31.4 Å². The molecule has 0 spiro atoms. The van der Waals surface area contributed by atoms with E-state index < -0.39 is 0 Å². The number of hydrogen-bond acceptors (Lipinski definition) is 1. The van der Waals surface area contributed by atoms with E-state index in [2.05, 4.69) is 42.7 Å². The first-order chi connectivity index (χ1) is 6.92. The molecule has 2 rings (SSSR count). The van der Waals surface area contributed by atoms with Crippen LogP contribution in [0.1, 0.15) is 37.2 Å². The zero-order valence-corrected chi connectivity index (χ0v) is 8.87. The second kappa shape index (κ2) is 4.61. The fourth-order valence-corrected chi connectivity index (χ4v) is 2.58. The van der Waals surface area contributed by atoms with Crippen LogP contribution in [0, 0.1) is 0 Å². The summed E-state index contributed by atoms with van der Waals surface area (Å²) < 4.78 is 0. The smallest absolute Gasteiger partial charge is 0.0133 e.